The fraction of sp³-hybridized carbons (Fsp3) is 0.467. The maximum atomic E-state index is 8.35. The third kappa shape index (κ3) is 7.82. The predicted octanol–water partition coefficient (Wildman–Crippen LogP) is 4.04. The molecule has 4 nitrogen and oxygen atoms in total. The summed E-state index contributed by atoms with van der Waals surface area (Å²) in [6.45, 7) is 11.3. The molecule has 0 saturated carbocycles. The van der Waals surface area contributed by atoms with Gasteiger partial charge >= 0.3 is 0 Å². The molecule has 0 aliphatic heterocycles. The van der Waals surface area contributed by atoms with Gasteiger partial charge in [0.05, 0.1) is 0 Å². The second kappa shape index (κ2) is 11.1. The van der Waals surface area contributed by atoms with Gasteiger partial charge in [0.1, 0.15) is 0 Å². The zero-order chi connectivity index (χ0) is 15.4. The van der Waals surface area contributed by atoms with E-state index in [4.69, 9.17) is 20.4 Å². The lowest BCUT2D eigenvalue weighted by Gasteiger charge is -2.18. The van der Waals surface area contributed by atoms with Crippen LogP contribution in [0.3, 0.4) is 0 Å². The largest absolute Gasteiger partial charge is 0.231 e. The summed E-state index contributed by atoms with van der Waals surface area (Å²) >= 11 is 0. The number of isocyanates is 2. The minimum atomic E-state index is 0.636. The molecule has 0 atom stereocenters. The molecular formula is C15H22N2O2. The van der Waals surface area contributed by atoms with Crippen molar-refractivity contribution >= 4 is 12.2 Å². The maximum absolute atomic E-state index is 8.35. The number of hydrogen-bond donors (Lipinski definition) is 2. The Morgan fingerprint density at radius 1 is 0.947 bits per heavy atom. The summed E-state index contributed by atoms with van der Waals surface area (Å²) in [6, 6.07) is 6.63. The van der Waals surface area contributed by atoms with E-state index in [0.717, 1.165) is 12.2 Å². The smallest absolute Gasteiger partial charge is 0.222 e. The van der Waals surface area contributed by atoms with Crippen molar-refractivity contribution < 1.29 is 9.59 Å². The molecule has 0 spiro atoms. The van der Waals surface area contributed by atoms with E-state index in [1.54, 1.807) is 0 Å². The number of hydrogen-bond acceptors (Lipinski definition) is 4. The van der Waals surface area contributed by atoms with E-state index in [2.05, 4.69) is 52.8 Å². The van der Waals surface area contributed by atoms with E-state index < -0.39 is 0 Å². The van der Waals surface area contributed by atoms with E-state index in [9.17, 15) is 0 Å². The van der Waals surface area contributed by atoms with Crippen LogP contribution in [-0.4, -0.2) is 12.2 Å². The molecule has 1 aromatic carbocycles. The predicted molar refractivity (Wildman–Crippen MR) is 76.2 cm³/mol. The van der Waals surface area contributed by atoms with Crippen LogP contribution in [0.2, 0.25) is 0 Å². The monoisotopic (exact) mass is 262 g/mol. The van der Waals surface area contributed by atoms with Crippen molar-refractivity contribution in [2.75, 3.05) is 0 Å². The third-order valence-electron chi connectivity index (χ3n) is 2.56. The first-order valence-corrected chi connectivity index (χ1v) is 6.04. The molecule has 104 valence electrons. The highest BCUT2D eigenvalue weighted by atomic mass is 16.1. The zero-order valence-corrected chi connectivity index (χ0v) is 12.2. The van der Waals surface area contributed by atoms with Gasteiger partial charge in [-0.2, -0.15) is 0 Å². The lowest BCUT2D eigenvalue weighted by atomic mass is 9.87. The zero-order valence-electron chi connectivity index (χ0n) is 12.2. The van der Waals surface area contributed by atoms with E-state index >= 15 is 0 Å². The molecule has 0 bridgehead atoms. The van der Waals surface area contributed by atoms with Gasteiger partial charge in [-0.05, 0) is 35.4 Å². The molecule has 1 rings (SSSR count). The van der Waals surface area contributed by atoms with Crippen LogP contribution < -0.4 is 0 Å². The van der Waals surface area contributed by atoms with Gasteiger partial charge in [-0.3, -0.25) is 0 Å². The van der Waals surface area contributed by atoms with Gasteiger partial charge in [-0.25, -0.2) is 20.4 Å². The fourth-order valence-corrected chi connectivity index (χ4v) is 2.00. The molecule has 0 heterocycles. The van der Waals surface area contributed by atoms with Gasteiger partial charge in [0.2, 0.25) is 12.2 Å². The van der Waals surface area contributed by atoms with Crippen LogP contribution in [0, 0.1) is 17.7 Å². The summed E-state index contributed by atoms with van der Waals surface area (Å²) in [7, 11) is 0. The lowest BCUT2D eigenvalue weighted by Crippen LogP contribution is -2.00. The summed E-state index contributed by atoms with van der Waals surface area (Å²) in [5, 5.41) is 10.8. The van der Waals surface area contributed by atoms with E-state index in [0.29, 0.717) is 11.8 Å². The van der Waals surface area contributed by atoms with Crippen LogP contribution in [0.4, 0.5) is 0 Å². The number of rotatable bonds is 2. The molecule has 0 aliphatic carbocycles. The second-order valence-electron chi connectivity index (χ2n) is 4.59. The summed E-state index contributed by atoms with van der Waals surface area (Å²) in [5.41, 5.74) is 4.48. The van der Waals surface area contributed by atoms with Crippen LogP contribution in [0.5, 0.6) is 0 Å². The Morgan fingerprint density at radius 3 is 1.63 bits per heavy atom. The molecule has 0 radical (unpaired) electrons. The molecular weight excluding hydrogens is 240 g/mol. The molecule has 19 heavy (non-hydrogen) atoms. The van der Waals surface area contributed by atoms with Gasteiger partial charge < -0.3 is 0 Å². The first-order valence-electron chi connectivity index (χ1n) is 6.04. The highest BCUT2D eigenvalue weighted by Crippen LogP contribution is 2.28. The van der Waals surface area contributed by atoms with E-state index in [1.807, 2.05) is 0 Å². The Hall–Kier alpha value is -2.02. The molecule has 4 heteroatoms. The van der Waals surface area contributed by atoms with Crippen LogP contribution in [0.25, 0.3) is 0 Å². The molecule has 0 amide bonds. The van der Waals surface area contributed by atoms with Crippen molar-refractivity contribution in [2.24, 2.45) is 0 Å². The summed E-state index contributed by atoms with van der Waals surface area (Å²) in [5.74, 6) is 1.27. The van der Waals surface area contributed by atoms with Crippen LogP contribution in [0.1, 0.15) is 56.2 Å². The van der Waals surface area contributed by atoms with Crippen LogP contribution in [-0.2, 0) is 9.59 Å². The first kappa shape index (κ1) is 19.3. The highest BCUT2D eigenvalue weighted by molar-refractivity contribution is 5.38. The molecule has 0 aliphatic rings. The quantitative estimate of drug-likeness (QED) is 0.622. The average Bonchev–Trinajstić information content (AvgIpc) is 2.30. The Balaban J connectivity index is 0. The van der Waals surface area contributed by atoms with Crippen molar-refractivity contribution in [3.8, 4) is 0 Å². The molecule has 2 N–H and O–H groups in total. The minimum absolute atomic E-state index is 0.636. The number of carbonyl (C=O) groups excluding carboxylic acids is 2. The number of aryl methyl sites for hydroxylation is 1. The highest BCUT2D eigenvalue weighted by Gasteiger charge is 2.11. The molecule has 0 aromatic heterocycles. The lowest BCUT2D eigenvalue weighted by molar-refractivity contribution is 0.562. The third-order valence-corrected chi connectivity index (χ3v) is 2.56. The summed E-state index contributed by atoms with van der Waals surface area (Å²) in [4.78, 5) is 16.7. The summed E-state index contributed by atoms with van der Waals surface area (Å²) < 4.78 is 0. The van der Waals surface area contributed by atoms with Gasteiger partial charge in [-0.1, -0.05) is 45.9 Å². The van der Waals surface area contributed by atoms with Crippen LogP contribution >= 0.6 is 0 Å². The minimum Gasteiger partial charge on any atom is -0.222 e. The van der Waals surface area contributed by atoms with Crippen molar-refractivity contribution in [1.29, 1.82) is 10.8 Å². The Bertz CT molecular complexity index is 427. The van der Waals surface area contributed by atoms with Crippen molar-refractivity contribution in [3.63, 3.8) is 0 Å². The fourth-order valence-electron chi connectivity index (χ4n) is 2.00. The van der Waals surface area contributed by atoms with Crippen molar-refractivity contribution in [3.05, 3.63) is 34.9 Å². The van der Waals surface area contributed by atoms with Gasteiger partial charge in [-0.15, -0.1) is 0 Å². The number of benzene rings is 1. The van der Waals surface area contributed by atoms with Gasteiger partial charge in [0.25, 0.3) is 0 Å². The van der Waals surface area contributed by atoms with Crippen LogP contribution in [0.15, 0.2) is 18.2 Å². The topological polar surface area (TPSA) is 81.8 Å². The summed E-state index contributed by atoms with van der Waals surface area (Å²) in [6.07, 6.45) is 1.50. The molecule has 0 saturated heterocycles. The second-order valence-corrected chi connectivity index (χ2v) is 4.59. The normalized spacial score (nSPS) is 8.58. The van der Waals surface area contributed by atoms with Gasteiger partial charge in [0, 0.05) is 0 Å². The SMILES string of the molecule is Cc1cccc(C(C)C)c1C(C)C.N=C=O.N=C=O. The molecule has 0 unspecified atom stereocenters. The Morgan fingerprint density at radius 2 is 1.37 bits per heavy atom. The Kier molecular flexibility index (Phi) is 11.3. The van der Waals surface area contributed by atoms with Crippen molar-refractivity contribution in [2.45, 2.75) is 46.5 Å². The van der Waals surface area contributed by atoms with Crippen molar-refractivity contribution in [1.82, 2.24) is 0 Å². The standard InChI is InChI=1S/C13H20.2CHNO/c1-9(2)12-8-6-7-11(5)13(12)10(3)4;2*2-1-3/h6-10H,1-5H3;2*2H. The van der Waals surface area contributed by atoms with Gasteiger partial charge in [0.15, 0.2) is 0 Å². The van der Waals surface area contributed by atoms with E-state index in [1.165, 1.54) is 16.7 Å². The first-order chi connectivity index (χ1) is 8.87. The van der Waals surface area contributed by atoms with E-state index in [-0.39, 0.29) is 0 Å². The average molecular weight is 262 g/mol. The molecule has 0 fully saturated rings. The molecule has 1 aromatic rings. The number of nitrogens with one attached hydrogen (secondary N) is 2. The Labute approximate surface area is 114 Å². The maximum Gasteiger partial charge on any atom is 0.231 e.